The molecule has 2 heteroatoms. The van der Waals surface area contributed by atoms with E-state index in [9.17, 15) is 9.59 Å². The van der Waals surface area contributed by atoms with Crippen molar-refractivity contribution in [3.8, 4) is 0 Å². The molecule has 1 rings (SSSR count). The molecule has 1 aromatic carbocycles. The van der Waals surface area contributed by atoms with E-state index in [1.54, 1.807) is 0 Å². The van der Waals surface area contributed by atoms with Gasteiger partial charge in [-0.15, -0.1) is 6.58 Å². The molecule has 0 aliphatic carbocycles. The van der Waals surface area contributed by atoms with Gasteiger partial charge in [-0.2, -0.15) is 0 Å². The third kappa shape index (κ3) is 2.98. The van der Waals surface area contributed by atoms with E-state index in [2.05, 4.69) is 6.58 Å². The lowest BCUT2D eigenvalue weighted by molar-refractivity contribution is -0.135. The Morgan fingerprint density at radius 1 is 1.14 bits per heavy atom. The van der Waals surface area contributed by atoms with Gasteiger partial charge in [0, 0.05) is 12.8 Å². The second-order valence-electron chi connectivity index (χ2n) is 3.00. The number of benzene rings is 1. The lowest BCUT2D eigenvalue weighted by Crippen LogP contribution is -2.15. The minimum absolute atomic E-state index is 0.131. The summed E-state index contributed by atoms with van der Waals surface area (Å²) in [7, 11) is 0. The summed E-state index contributed by atoms with van der Waals surface area (Å²) in [6, 6.07) is 9.24. The first-order valence-electron chi connectivity index (χ1n) is 4.45. The largest absolute Gasteiger partial charge is 0.291 e. The molecule has 0 aromatic heterocycles. The zero-order chi connectivity index (χ0) is 10.4. The Kier molecular flexibility index (Phi) is 3.80. The van der Waals surface area contributed by atoms with Crippen LogP contribution in [0.5, 0.6) is 0 Å². The normalized spacial score (nSPS) is 9.43. The van der Waals surface area contributed by atoms with Crippen LogP contribution in [0.3, 0.4) is 0 Å². The Morgan fingerprint density at radius 2 is 1.79 bits per heavy atom. The molecular weight excluding hydrogens is 176 g/mol. The molecule has 0 radical (unpaired) electrons. The summed E-state index contributed by atoms with van der Waals surface area (Å²) in [5, 5.41) is 0. The maximum atomic E-state index is 11.3. The summed E-state index contributed by atoms with van der Waals surface area (Å²) in [5.41, 5.74) is 0.870. The van der Waals surface area contributed by atoms with Crippen LogP contribution in [0.15, 0.2) is 43.0 Å². The fraction of sp³-hybridized carbons (Fsp3) is 0.167. The van der Waals surface area contributed by atoms with E-state index in [4.69, 9.17) is 0 Å². The molecule has 0 saturated carbocycles. The number of Topliss-reactive ketones (excluding diaryl/α,β-unsaturated/α-hetero) is 2. The summed E-state index contributed by atoms with van der Waals surface area (Å²) < 4.78 is 0. The fourth-order valence-corrected chi connectivity index (χ4v) is 1.12. The average Bonchev–Trinajstić information content (AvgIpc) is 2.19. The number of rotatable bonds is 5. The average molecular weight is 188 g/mol. The number of hydrogen-bond donors (Lipinski definition) is 0. The second kappa shape index (κ2) is 5.12. The van der Waals surface area contributed by atoms with Crippen LogP contribution in [0.2, 0.25) is 0 Å². The van der Waals surface area contributed by atoms with Crippen LogP contribution < -0.4 is 0 Å². The highest BCUT2D eigenvalue weighted by Crippen LogP contribution is 2.01. The molecule has 0 N–H and O–H groups in total. The maximum Gasteiger partial charge on any atom is 0.203 e. The van der Waals surface area contributed by atoms with E-state index in [0.717, 1.165) is 5.56 Å². The molecule has 0 atom stereocenters. The SMILES string of the molecule is C=CCC(=O)C(=O)Cc1ccccc1. The molecule has 14 heavy (non-hydrogen) atoms. The molecule has 0 unspecified atom stereocenters. The summed E-state index contributed by atoms with van der Waals surface area (Å²) >= 11 is 0. The Morgan fingerprint density at radius 3 is 2.36 bits per heavy atom. The van der Waals surface area contributed by atoms with Crippen LogP contribution in [0.25, 0.3) is 0 Å². The minimum Gasteiger partial charge on any atom is -0.291 e. The first-order valence-corrected chi connectivity index (χ1v) is 4.45. The van der Waals surface area contributed by atoms with Crippen LogP contribution >= 0.6 is 0 Å². The predicted molar refractivity (Wildman–Crippen MR) is 55.0 cm³/mol. The molecule has 0 amide bonds. The summed E-state index contributed by atoms with van der Waals surface area (Å²) in [4.78, 5) is 22.4. The van der Waals surface area contributed by atoms with Crippen LogP contribution in [-0.2, 0) is 16.0 Å². The zero-order valence-corrected chi connectivity index (χ0v) is 7.90. The number of ketones is 2. The standard InChI is InChI=1S/C12H12O2/c1-2-6-11(13)12(14)9-10-7-4-3-5-8-10/h2-5,7-8H,1,6,9H2. The topological polar surface area (TPSA) is 34.1 Å². The van der Waals surface area contributed by atoms with E-state index in [1.807, 2.05) is 30.3 Å². The van der Waals surface area contributed by atoms with Crippen molar-refractivity contribution in [3.63, 3.8) is 0 Å². The van der Waals surface area contributed by atoms with E-state index in [1.165, 1.54) is 6.08 Å². The number of hydrogen-bond acceptors (Lipinski definition) is 2. The van der Waals surface area contributed by atoms with Crippen molar-refractivity contribution in [1.29, 1.82) is 0 Å². The van der Waals surface area contributed by atoms with Gasteiger partial charge in [0.15, 0.2) is 0 Å². The van der Waals surface area contributed by atoms with Gasteiger partial charge in [0.2, 0.25) is 11.6 Å². The molecule has 0 spiro atoms. The number of carbonyl (C=O) groups excluding carboxylic acids is 2. The molecule has 1 aromatic rings. The Balaban J connectivity index is 2.57. The van der Waals surface area contributed by atoms with Crippen LogP contribution in [-0.4, -0.2) is 11.6 Å². The van der Waals surface area contributed by atoms with E-state index < -0.39 is 0 Å². The van der Waals surface area contributed by atoms with E-state index in [0.29, 0.717) is 0 Å². The monoisotopic (exact) mass is 188 g/mol. The van der Waals surface area contributed by atoms with Crippen molar-refractivity contribution in [2.75, 3.05) is 0 Å². The highest BCUT2D eigenvalue weighted by Gasteiger charge is 2.11. The molecule has 0 heterocycles. The third-order valence-corrected chi connectivity index (χ3v) is 1.85. The van der Waals surface area contributed by atoms with Crippen molar-refractivity contribution in [2.24, 2.45) is 0 Å². The smallest absolute Gasteiger partial charge is 0.203 e. The lowest BCUT2D eigenvalue weighted by atomic mass is 10.1. The number of carbonyl (C=O) groups is 2. The molecule has 2 nitrogen and oxygen atoms in total. The van der Waals surface area contributed by atoms with Gasteiger partial charge in [0.05, 0.1) is 0 Å². The molecule has 0 aliphatic rings. The van der Waals surface area contributed by atoms with Crippen LogP contribution in [0.1, 0.15) is 12.0 Å². The van der Waals surface area contributed by atoms with Gasteiger partial charge < -0.3 is 0 Å². The highest BCUT2D eigenvalue weighted by molar-refractivity contribution is 6.37. The van der Waals surface area contributed by atoms with Gasteiger partial charge in [0.25, 0.3) is 0 Å². The van der Waals surface area contributed by atoms with Crippen molar-refractivity contribution in [2.45, 2.75) is 12.8 Å². The molecular formula is C12H12O2. The molecule has 0 saturated heterocycles. The first kappa shape index (κ1) is 10.4. The Bertz CT molecular complexity index is 339. The van der Waals surface area contributed by atoms with Gasteiger partial charge in [-0.1, -0.05) is 36.4 Å². The quantitative estimate of drug-likeness (QED) is 0.522. The Labute approximate surface area is 83.3 Å². The minimum atomic E-state index is -0.371. The van der Waals surface area contributed by atoms with Gasteiger partial charge in [-0.05, 0) is 5.56 Å². The zero-order valence-electron chi connectivity index (χ0n) is 7.90. The summed E-state index contributed by atoms with van der Waals surface area (Å²) in [6.45, 7) is 3.42. The molecule has 0 aliphatic heterocycles. The molecule has 0 fully saturated rings. The first-order chi connectivity index (χ1) is 6.74. The van der Waals surface area contributed by atoms with Gasteiger partial charge in [-0.3, -0.25) is 9.59 Å². The molecule has 72 valence electrons. The maximum absolute atomic E-state index is 11.3. The van der Waals surface area contributed by atoms with Gasteiger partial charge >= 0.3 is 0 Å². The van der Waals surface area contributed by atoms with Crippen molar-refractivity contribution in [3.05, 3.63) is 48.6 Å². The second-order valence-corrected chi connectivity index (χ2v) is 3.00. The van der Waals surface area contributed by atoms with Crippen LogP contribution in [0.4, 0.5) is 0 Å². The van der Waals surface area contributed by atoms with Crippen molar-refractivity contribution < 1.29 is 9.59 Å². The number of allylic oxidation sites excluding steroid dienone is 1. The van der Waals surface area contributed by atoms with Gasteiger partial charge in [0.1, 0.15) is 0 Å². The van der Waals surface area contributed by atoms with E-state index in [-0.39, 0.29) is 24.4 Å². The van der Waals surface area contributed by atoms with Crippen LogP contribution in [0, 0.1) is 0 Å². The third-order valence-electron chi connectivity index (χ3n) is 1.85. The highest BCUT2D eigenvalue weighted by atomic mass is 16.2. The van der Waals surface area contributed by atoms with E-state index >= 15 is 0 Å². The summed E-state index contributed by atoms with van der Waals surface area (Å²) in [5.74, 6) is -0.722. The van der Waals surface area contributed by atoms with Gasteiger partial charge in [-0.25, -0.2) is 0 Å². The fourth-order valence-electron chi connectivity index (χ4n) is 1.12. The predicted octanol–water partition coefficient (Wildman–Crippen LogP) is 1.94. The Hall–Kier alpha value is -1.70. The summed E-state index contributed by atoms with van der Waals surface area (Å²) in [6.07, 6.45) is 1.77. The van der Waals surface area contributed by atoms with Crippen molar-refractivity contribution in [1.82, 2.24) is 0 Å². The van der Waals surface area contributed by atoms with Crippen molar-refractivity contribution >= 4 is 11.6 Å². The molecule has 0 bridgehead atoms. The lowest BCUT2D eigenvalue weighted by Gasteiger charge is -1.98.